The lowest BCUT2D eigenvalue weighted by atomic mass is 9.80. The molecule has 1 fully saturated rings. The van der Waals surface area contributed by atoms with Gasteiger partial charge in [-0.15, -0.1) is 0 Å². The lowest BCUT2D eigenvalue weighted by molar-refractivity contribution is -0.0300. The Balaban J connectivity index is 1.84. The molecule has 1 aromatic heterocycles. The first-order valence-electron chi connectivity index (χ1n) is 7.06. The van der Waals surface area contributed by atoms with Gasteiger partial charge in [0.2, 0.25) is 5.88 Å². The van der Waals surface area contributed by atoms with Crippen LogP contribution in [0.4, 0.5) is 0 Å². The van der Waals surface area contributed by atoms with Crippen molar-refractivity contribution in [2.45, 2.75) is 24.9 Å². The van der Waals surface area contributed by atoms with Gasteiger partial charge in [-0.25, -0.2) is 4.98 Å². The highest BCUT2D eigenvalue weighted by Crippen LogP contribution is 2.30. The molecule has 1 aliphatic rings. The number of pyridine rings is 1. The normalized spacial score (nSPS) is 16.3. The number of carbonyl (C=O) groups excluding carboxylic acids is 1. The number of ether oxygens (including phenoxy) is 1. The summed E-state index contributed by atoms with van der Waals surface area (Å²) in [6.45, 7) is 0.267. The number of nitrogens with one attached hydrogen (secondary N) is 1. The van der Waals surface area contributed by atoms with Crippen molar-refractivity contribution in [1.82, 2.24) is 10.3 Å². The van der Waals surface area contributed by atoms with E-state index in [-0.39, 0.29) is 12.5 Å². The fourth-order valence-corrected chi connectivity index (χ4v) is 2.54. The average molecular weight is 286 g/mol. The number of aromatic nitrogens is 1. The SMILES string of the molecule is COc1nc(C(=O)NCC2(O)CCC2)cc2ccccc12. The Morgan fingerprint density at radius 2 is 2.19 bits per heavy atom. The topological polar surface area (TPSA) is 71.5 Å². The van der Waals surface area contributed by atoms with Crippen LogP contribution < -0.4 is 10.1 Å². The highest BCUT2D eigenvalue weighted by molar-refractivity contribution is 5.98. The van der Waals surface area contributed by atoms with Crippen molar-refractivity contribution >= 4 is 16.7 Å². The molecule has 2 N–H and O–H groups in total. The zero-order valence-electron chi connectivity index (χ0n) is 11.9. The smallest absolute Gasteiger partial charge is 0.270 e. The molecule has 0 unspecified atom stereocenters. The monoisotopic (exact) mass is 286 g/mol. The van der Waals surface area contributed by atoms with Crippen LogP contribution in [0.5, 0.6) is 5.88 Å². The average Bonchev–Trinajstić information content (AvgIpc) is 2.49. The molecule has 1 amide bonds. The van der Waals surface area contributed by atoms with Crippen LogP contribution >= 0.6 is 0 Å². The lowest BCUT2D eigenvalue weighted by Gasteiger charge is -2.36. The summed E-state index contributed by atoms with van der Waals surface area (Å²) in [5.41, 5.74) is -0.440. The molecule has 1 saturated carbocycles. The van der Waals surface area contributed by atoms with E-state index in [1.165, 1.54) is 7.11 Å². The minimum absolute atomic E-state index is 0.267. The van der Waals surface area contributed by atoms with Crippen LogP contribution in [0.3, 0.4) is 0 Å². The van der Waals surface area contributed by atoms with Gasteiger partial charge in [0.1, 0.15) is 5.69 Å². The fraction of sp³-hybridized carbons (Fsp3) is 0.375. The summed E-state index contributed by atoms with van der Waals surface area (Å²) >= 11 is 0. The largest absolute Gasteiger partial charge is 0.481 e. The van der Waals surface area contributed by atoms with Crippen molar-refractivity contribution in [2.24, 2.45) is 0 Å². The number of methoxy groups -OCH3 is 1. The van der Waals surface area contributed by atoms with Crippen LogP contribution in [0, 0.1) is 0 Å². The molecule has 0 saturated heterocycles. The molecule has 1 heterocycles. The molecule has 0 bridgehead atoms. The molecular weight excluding hydrogens is 268 g/mol. The van der Waals surface area contributed by atoms with E-state index in [2.05, 4.69) is 10.3 Å². The van der Waals surface area contributed by atoms with Gasteiger partial charge in [-0.05, 0) is 36.8 Å². The Morgan fingerprint density at radius 3 is 2.86 bits per heavy atom. The summed E-state index contributed by atoms with van der Waals surface area (Å²) in [6, 6.07) is 9.35. The van der Waals surface area contributed by atoms with Crippen LogP contribution in [0.25, 0.3) is 10.8 Å². The number of benzene rings is 1. The third kappa shape index (κ3) is 2.69. The summed E-state index contributed by atoms with van der Waals surface area (Å²) in [4.78, 5) is 16.5. The highest BCUT2D eigenvalue weighted by Gasteiger charge is 2.34. The zero-order valence-corrected chi connectivity index (χ0v) is 11.9. The molecule has 3 rings (SSSR count). The molecule has 1 aromatic carbocycles. The molecule has 0 radical (unpaired) electrons. The Labute approximate surface area is 123 Å². The molecule has 0 aliphatic heterocycles. The first-order valence-corrected chi connectivity index (χ1v) is 7.06. The van der Waals surface area contributed by atoms with Gasteiger partial charge in [0.15, 0.2) is 0 Å². The van der Waals surface area contributed by atoms with Crippen LogP contribution in [0.2, 0.25) is 0 Å². The predicted molar refractivity (Wildman–Crippen MR) is 79.4 cm³/mol. The Kier molecular flexibility index (Phi) is 3.51. The summed E-state index contributed by atoms with van der Waals surface area (Å²) in [7, 11) is 1.54. The van der Waals surface area contributed by atoms with Gasteiger partial charge in [0.05, 0.1) is 12.7 Å². The third-order valence-electron chi connectivity index (χ3n) is 3.99. The van der Waals surface area contributed by atoms with E-state index in [0.29, 0.717) is 11.6 Å². The van der Waals surface area contributed by atoms with E-state index < -0.39 is 5.60 Å². The fourth-order valence-electron chi connectivity index (χ4n) is 2.54. The van der Waals surface area contributed by atoms with E-state index in [1.54, 1.807) is 6.07 Å². The van der Waals surface area contributed by atoms with E-state index in [0.717, 1.165) is 30.0 Å². The van der Waals surface area contributed by atoms with Gasteiger partial charge in [0.25, 0.3) is 5.91 Å². The number of rotatable bonds is 4. The first-order chi connectivity index (χ1) is 10.1. The van der Waals surface area contributed by atoms with Gasteiger partial charge < -0.3 is 15.2 Å². The zero-order chi connectivity index (χ0) is 14.9. The van der Waals surface area contributed by atoms with Crippen LogP contribution in [0.15, 0.2) is 30.3 Å². The molecule has 2 aromatic rings. The number of amides is 1. The number of nitrogens with zero attached hydrogens (tertiary/aromatic N) is 1. The third-order valence-corrected chi connectivity index (χ3v) is 3.99. The number of fused-ring (bicyclic) bond motifs is 1. The van der Waals surface area contributed by atoms with Gasteiger partial charge in [-0.1, -0.05) is 18.2 Å². The molecule has 110 valence electrons. The Bertz CT molecular complexity index is 680. The van der Waals surface area contributed by atoms with Crippen molar-refractivity contribution in [3.05, 3.63) is 36.0 Å². The lowest BCUT2D eigenvalue weighted by Crippen LogP contribution is -2.47. The van der Waals surface area contributed by atoms with Crippen LogP contribution in [-0.2, 0) is 0 Å². The number of hydrogen-bond acceptors (Lipinski definition) is 4. The maximum absolute atomic E-state index is 12.2. The number of aliphatic hydroxyl groups is 1. The Morgan fingerprint density at radius 1 is 1.43 bits per heavy atom. The van der Waals surface area contributed by atoms with Gasteiger partial charge in [-0.2, -0.15) is 0 Å². The molecule has 1 aliphatic carbocycles. The summed E-state index contributed by atoms with van der Waals surface area (Å²) in [5, 5.41) is 14.5. The molecule has 5 heteroatoms. The molecule has 21 heavy (non-hydrogen) atoms. The maximum Gasteiger partial charge on any atom is 0.270 e. The van der Waals surface area contributed by atoms with Crippen LogP contribution in [0.1, 0.15) is 29.8 Å². The second-order valence-corrected chi connectivity index (χ2v) is 5.50. The molecular formula is C16H18N2O3. The molecule has 0 spiro atoms. The van der Waals surface area contributed by atoms with Crippen LogP contribution in [-0.4, -0.2) is 35.3 Å². The summed E-state index contributed by atoms with van der Waals surface area (Å²) < 4.78 is 5.26. The van der Waals surface area contributed by atoms with E-state index in [1.807, 2.05) is 24.3 Å². The first kappa shape index (κ1) is 13.8. The van der Waals surface area contributed by atoms with Gasteiger partial charge in [-0.3, -0.25) is 4.79 Å². The van der Waals surface area contributed by atoms with Crippen molar-refractivity contribution in [3.63, 3.8) is 0 Å². The van der Waals surface area contributed by atoms with Gasteiger partial charge in [0, 0.05) is 11.9 Å². The van der Waals surface area contributed by atoms with Crippen molar-refractivity contribution in [1.29, 1.82) is 0 Å². The van der Waals surface area contributed by atoms with Crippen molar-refractivity contribution < 1.29 is 14.6 Å². The van der Waals surface area contributed by atoms with E-state index >= 15 is 0 Å². The van der Waals surface area contributed by atoms with E-state index in [9.17, 15) is 9.90 Å². The van der Waals surface area contributed by atoms with Gasteiger partial charge >= 0.3 is 0 Å². The summed E-state index contributed by atoms with van der Waals surface area (Å²) in [5.74, 6) is 0.139. The quantitative estimate of drug-likeness (QED) is 0.900. The van der Waals surface area contributed by atoms with Crippen molar-refractivity contribution in [2.75, 3.05) is 13.7 Å². The van der Waals surface area contributed by atoms with Crippen molar-refractivity contribution in [3.8, 4) is 5.88 Å². The summed E-state index contributed by atoms with van der Waals surface area (Å²) in [6.07, 6.45) is 2.48. The predicted octanol–water partition coefficient (Wildman–Crippen LogP) is 1.89. The minimum atomic E-state index is -0.739. The maximum atomic E-state index is 12.2. The standard InChI is InChI=1S/C16H18N2O3/c1-21-15-12-6-3-2-5-11(12)9-13(18-15)14(19)17-10-16(20)7-4-8-16/h2-3,5-6,9,20H,4,7-8,10H2,1H3,(H,17,19). The highest BCUT2D eigenvalue weighted by atomic mass is 16.5. The molecule has 5 nitrogen and oxygen atoms in total. The second-order valence-electron chi connectivity index (χ2n) is 5.50. The minimum Gasteiger partial charge on any atom is -0.481 e. The van der Waals surface area contributed by atoms with E-state index in [4.69, 9.17) is 4.74 Å². The number of carbonyl (C=O) groups is 1. The second kappa shape index (κ2) is 5.33. The molecule has 0 atom stereocenters. The Hall–Kier alpha value is -2.14. The number of hydrogen-bond donors (Lipinski definition) is 2.